The molecule has 0 aromatic rings. The van der Waals surface area contributed by atoms with Gasteiger partial charge >= 0.3 is 0 Å². The Balaban J connectivity index is 1.79. The number of hydrogen-bond donors (Lipinski definition) is 2. The lowest BCUT2D eigenvalue weighted by Gasteiger charge is -2.32. The zero-order valence-corrected chi connectivity index (χ0v) is 14.4. The summed E-state index contributed by atoms with van der Waals surface area (Å²) in [7, 11) is 0. The van der Waals surface area contributed by atoms with E-state index in [0.29, 0.717) is 31.2 Å². The van der Waals surface area contributed by atoms with Gasteiger partial charge in [-0.05, 0) is 58.5 Å². The minimum atomic E-state index is -0.169. The van der Waals surface area contributed by atoms with Crippen LogP contribution in [0.5, 0.6) is 0 Å². The predicted octanol–water partition coefficient (Wildman–Crippen LogP) is 1.53. The summed E-state index contributed by atoms with van der Waals surface area (Å²) in [5.74, 6) is 1.22. The maximum Gasteiger partial charge on any atom is 0.225 e. The van der Waals surface area contributed by atoms with Crippen LogP contribution in [0.15, 0.2) is 0 Å². The number of nitrogens with zero attached hydrogens (tertiary/aromatic N) is 1. The van der Waals surface area contributed by atoms with Crippen LogP contribution in [-0.4, -0.2) is 47.9 Å². The number of piperidine rings is 1. The molecule has 22 heavy (non-hydrogen) atoms. The van der Waals surface area contributed by atoms with Crippen LogP contribution in [0.25, 0.3) is 0 Å². The van der Waals surface area contributed by atoms with Crippen molar-refractivity contribution in [2.24, 2.45) is 11.8 Å². The van der Waals surface area contributed by atoms with Crippen LogP contribution in [0.2, 0.25) is 0 Å². The molecule has 0 bridgehead atoms. The van der Waals surface area contributed by atoms with Crippen LogP contribution in [0.4, 0.5) is 0 Å². The van der Waals surface area contributed by atoms with E-state index in [0.717, 1.165) is 13.1 Å². The quantitative estimate of drug-likeness (QED) is 0.828. The molecule has 0 aliphatic carbocycles. The van der Waals surface area contributed by atoms with E-state index >= 15 is 0 Å². The molecule has 2 rings (SSSR count). The van der Waals surface area contributed by atoms with Crippen molar-refractivity contribution in [1.82, 2.24) is 15.5 Å². The molecule has 0 spiro atoms. The Morgan fingerprint density at radius 1 is 1.45 bits per heavy atom. The molecule has 0 saturated carbocycles. The SMILES string of the molecule is CC(CC(=O)NC1CC(=O)N(C(C)(C)C)C1)C1CCCNC1. The van der Waals surface area contributed by atoms with Crippen molar-refractivity contribution in [2.45, 2.75) is 65.0 Å². The van der Waals surface area contributed by atoms with Crippen molar-refractivity contribution >= 4 is 11.8 Å². The number of hydrogen-bond acceptors (Lipinski definition) is 3. The van der Waals surface area contributed by atoms with Crippen molar-refractivity contribution in [3.8, 4) is 0 Å². The molecule has 3 unspecified atom stereocenters. The number of rotatable bonds is 4. The molecule has 5 heteroatoms. The lowest BCUT2D eigenvalue weighted by molar-refractivity contribution is -0.131. The Bertz CT molecular complexity index is 411. The summed E-state index contributed by atoms with van der Waals surface area (Å²) < 4.78 is 0. The van der Waals surface area contributed by atoms with Gasteiger partial charge in [0.05, 0.1) is 6.04 Å². The number of likely N-dealkylation sites (tertiary alicyclic amines) is 1. The first-order valence-corrected chi connectivity index (χ1v) is 8.58. The zero-order valence-electron chi connectivity index (χ0n) is 14.4. The molecule has 2 heterocycles. The molecule has 5 nitrogen and oxygen atoms in total. The van der Waals surface area contributed by atoms with Crippen molar-refractivity contribution in [3.63, 3.8) is 0 Å². The van der Waals surface area contributed by atoms with Gasteiger partial charge < -0.3 is 15.5 Å². The molecule has 0 aromatic carbocycles. The lowest BCUT2D eigenvalue weighted by Crippen LogP contribution is -2.45. The molecule has 0 aromatic heterocycles. The van der Waals surface area contributed by atoms with Gasteiger partial charge in [-0.25, -0.2) is 0 Å². The molecule has 126 valence electrons. The van der Waals surface area contributed by atoms with E-state index in [1.165, 1.54) is 12.8 Å². The van der Waals surface area contributed by atoms with E-state index in [9.17, 15) is 9.59 Å². The third-order valence-electron chi connectivity index (χ3n) is 4.95. The van der Waals surface area contributed by atoms with E-state index in [1.807, 2.05) is 25.7 Å². The largest absolute Gasteiger partial charge is 0.351 e. The van der Waals surface area contributed by atoms with Crippen molar-refractivity contribution in [3.05, 3.63) is 0 Å². The molecular formula is C17H31N3O2. The number of carbonyl (C=O) groups excluding carboxylic acids is 2. The standard InChI is InChI=1S/C17H31N3O2/c1-12(13-6-5-7-18-10-13)8-15(21)19-14-9-16(22)20(11-14)17(2,3)4/h12-14,18H,5-11H2,1-4H3,(H,19,21). The summed E-state index contributed by atoms with van der Waals surface area (Å²) in [6.45, 7) is 11.0. The van der Waals surface area contributed by atoms with Gasteiger partial charge in [-0.1, -0.05) is 6.92 Å². The van der Waals surface area contributed by atoms with E-state index < -0.39 is 0 Å². The molecule has 2 saturated heterocycles. The van der Waals surface area contributed by atoms with Crippen LogP contribution >= 0.6 is 0 Å². The van der Waals surface area contributed by atoms with Gasteiger partial charge in [0.15, 0.2) is 0 Å². The Hall–Kier alpha value is -1.10. The zero-order chi connectivity index (χ0) is 16.3. The fraction of sp³-hybridized carbons (Fsp3) is 0.882. The summed E-state index contributed by atoms with van der Waals surface area (Å²) in [4.78, 5) is 26.2. The second kappa shape index (κ2) is 6.99. The summed E-state index contributed by atoms with van der Waals surface area (Å²) in [6.07, 6.45) is 3.41. The fourth-order valence-electron chi connectivity index (χ4n) is 3.56. The first kappa shape index (κ1) is 17.3. The van der Waals surface area contributed by atoms with Crippen LogP contribution in [0, 0.1) is 11.8 Å². The highest BCUT2D eigenvalue weighted by atomic mass is 16.2. The monoisotopic (exact) mass is 309 g/mol. The van der Waals surface area contributed by atoms with Gasteiger partial charge in [0.1, 0.15) is 0 Å². The van der Waals surface area contributed by atoms with Crippen LogP contribution in [0.1, 0.15) is 53.4 Å². The average Bonchev–Trinajstić information content (AvgIpc) is 2.80. The lowest BCUT2D eigenvalue weighted by atomic mass is 9.85. The summed E-state index contributed by atoms with van der Waals surface area (Å²) in [5, 5.41) is 6.47. The van der Waals surface area contributed by atoms with Crippen molar-refractivity contribution in [2.75, 3.05) is 19.6 Å². The maximum atomic E-state index is 12.3. The second-order valence-corrected chi connectivity index (χ2v) is 7.93. The van der Waals surface area contributed by atoms with E-state index in [4.69, 9.17) is 0 Å². The summed E-state index contributed by atoms with van der Waals surface area (Å²) >= 11 is 0. The van der Waals surface area contributed by atoms with Gasteiger partial charge in [0, 0.05) is 24.9 Å². The first-order valence-electron chi connectivity index (χ1n) is 8.58. The van der Waals surface area contributed by atoms with E-state index in [-0.39, 0.29) is 23.4 Å². The number of amides is 2. The summed E-state index contributed by atoms with van der Waals surface area (Å²) in [6, 6.07) is -0.0316. The van der Waals surface area contributed by atoms with Gasteiger partial charge in [0.2, 0.25) is 11.8 Å². The Morgan fingerprint density at radius 3 is 2.73 bits per heavy atom. The number of carbonyl (C=O) groups is 2. The highest BCUT2D eigenvalue weighted by molar-refractivity contribution is 5.82. The van der Waals surface area contributed by atoms with E-state index in [2.05, 4.69) is 17.6 Å². The molecule has 2 N–H and O–H groups in total. The predicted molar refractivity (Wildman–Crippen MR) is 87.4 cm³/mol. The minimum Gasteiger partial charge on any atom is -0.351 e. The van der Waals surface area contributed by atoms with Crippen LogP contribution < -0.4 is 10.6 Å². The molecule has 2 fully saturated rings. The molecule has 2 amide bonds. The third kappa shape index (κ3) is 4.45. The molecule has 3 atom stereocenters. The van der Waals surface area contributed by atoms with Crippen molar-refractivity contribution < 1.29 is 9.59 Å². The minimum absolute atomic E-state index is 0.0316. The van der Waals surface area contributed by atoms with Crippen LogP contribution in [-0.2, 0) is 9.59 Å². The third-order valence-corrected chi connectivity index (χ3v) is 4.95. The molecule has 2 aliphatic rings. The molecule has 0 radical (unpaired) electrons. The Kier molecular flexibility index (Phi) is 5.48. The average molecular weight is 309 g/mol. The van der Waals surface area contributed by atoms with E-state index in [1.54, 1.807) is 0 Å². The first-order chi connectivity index (χ1) is 10.3. The fourth-order valence-corrected chi connectivity index (χ4v) is 3.56. The Labute approximate surface area is 134 Å². The van der Waals surface area contributed by atoms with Gasteiger partial charge in [0.25, 0.3) is 0 Å². The highest BCUT2D eigenvalue weighted by Gasteiger charge is 2.37. The van der Waals surface area contributed by atoms with Gasteiger partial charge in [-0.15, -0.1) is 0 Å². The normalized spacial score (nSPS) is 27.8. The van der Waals surface area contributed by atoms with Gasteiger partial charge in [-0.3, -0.25) is 9.59 Å². The molecular weight excluding hydrogens is 278 g/mol. The van der Waals surface area contributed by atoms with Crippen molar-refractivity contribution in [1.29, 1.82) is 0 Å². The molecule has 2 aliphatic heterocycles. The van der Waals surface area contributed by atoms with Crippen LogP contribution in [0.3, 0.4) is 0 Å². The smallest absolute Gasteiger partial charge is 0.225 e. The number of nitrogens with one attached hydrogen (secondary N) is 2. The topological polar surface area (TPSA) is 61.4 Å². The maximum absolute atomic E-state index is 12.3. The summed E-state index contributed by atoms with van der Waals surface area (Å²) in [5.41, 5.74) is -0.169. The highest BCUT2D eigenvalue weighted by Crippen LogP contribution is 2.24. The Morgan fingerprint density at radius 2 is 2.18 bits per heavy atom. The van der Waals surface area contributed by atoms with Gasteiger partial charge in [-0.2, -0.15) is 0 Å². The second-order valence-electron chi connectivity index (χ2n) is 7.93.